The zero-order chi connectivity index (χ0) is 13.0. The fourth-order valence-corrected chi connectivity index (χ4v) is 2.22. The summed E-state index contributed by atoms with van der Waals surface area (Å²) in [5.74, 6) is 1.16. The van der Waals surface area contributed by atoms with Crippen molar-refractivity contribution < 1.29 is 4.92 Å². The molecular formula is C11H18ClN3O2. The number of nitrogens with zero attached hydrogens (tertiary/aromatic N) is 3. The smallest absolute Gasteiger partial charge is 0.262 e. The molecule has 0 amide bonds. The van der Waals surface area contributed by atoms with E-state index in [1.807, 2.05) is 0 Å². The molecule has 1 heterocycles. The van der Waals surface area contributed by atoms with Gasteiger partial charge in [0.05, 0.1) is 4.92 Å². The predicted octanol–water partition coefficient (Wildman–Crippen LogP) is 3.06. The van der Waals surface area contributed by atoms with Crippen LogP contribution in [0, 0.1) is 29.9 Å². The summed E-state index contributed by atoms with van der Waals surface area (Å²) in [6.07, 6.45) is 1.90. The summed E-state index contributed by atoms with van der Waals surface area (Å²) >= 11 is 5.67. The Hall–Kier alpha value is -1.10. The van der Waals surface area contributed by atoms with Gasteiger partial charge < -0.3 is 0 Å². The second kappa shape index (κ2) is 6.00. The first kappa shape index (κ1) is 14.0. The first-order valence-corrected chi connectivity index (χ1v) is 6.25. The maximum Gasteiger partial charge on any atom is 0.312 e. The first-order chi connectivity index (χ1) is 7.97. The quantitative estimate of drug-likeness (QED) is 0.448. The number of alkyl halides is 1. The highest BCUT2D eigenvalue weighted by Gasteiger charge is 2.21. The lowest BCUT2D eigenvalue weighted by Crippen LogP contribution is -2.07. The monoisotopic (exact) mass is 259 g/mol. The van der Waals surface area contributed by atoms with Crippen LogP contribution >= 0.6 is 11.6 Å². The summed E-state index contributed by atoms with van der Waals surface area (Å²) in [7, 11) is 0. The van der Waals surface area contributed by atoms with Gasteiger partial charge in [-0.2, -0.15) is 5.10 Å². The molecule has 1 aromatic heterocycles. The van der Waals surface area contributed by atoms with Crippen LogP contribution in [0.15, 0.2) is 0 Å². The van der Waals surface area contributed by atoms with Crippen LogP contribution < -0.4 is 0 Å². The first-order valence-electron chi connectivity index (χ1n) is 5.71. The van der Waals surface area contributed by atoms with Crippen molar-refractivity contribution in [3.8, 4) is 0 Å². The van der Waals surface area contributed by atoms with Gasteiger partial charge >= 0.3 is 5.69 Å². The molecule has 1 atom stereocenters. The summed E-state index contributed by atoms with van der Waals surface area (Å²) in [5.41, 5.74) is 1.25. The van der Waals surface area contributed by atoms with Gasteiger partial charge in [-0.15, -0.1) is 11.6 Å². The number of rotatable bonds is 6. The van der Waals surface area contributed by atoms with Crippen molar-refractivity contribution in [1.29, 1.82) is 0 Å². The molecule has 0 spiro atoms. The maximum absolute atomic E-state index is 10.8. The van der Waals surface area contributed by atoms with Crippen LogP contribution in [-0.4, -0.2) is 20.6 Å². The topological polar surface area (TPSA) is 61.0 Å². The molecule has 0 aliphatic rings. The highest BCUT2D eigenvalue weighted by Crippen LogP contribution is 2.22. The number of aromatic nitrogens is 2. The van der Waals surface area contributed by atoms with E-state index < -0.39 is 0 Å². The van der Waals surface area contributed by atoms with Crippen molar-refractivity contribution in [2.24, 2.45) is 5.92 Å². The minimum Gasteiger partial charge on any atom is -0.262 e. The van der Waals surface area contributed by atoms with Gasteiger partial charge in [0.25, 0.3) is 0 Å². The van der Waals surface area contributed by atoms with Crippen molar-refractivity contribution in [3.05, 3.63) is 21.5 Å². The van der Waals surface area contributed by atoms with E-state index in [0.717, 1.165) is 12.8 Å². The lowest BCUT2D eigenvalue weighted by atomic mass is 10.1. The van der Waals surface area contributed by atoms with E-state index in [9.17, 15) is 10.1 Å². The van der Waals surface area contributed by atoms with Crippen LogP contribution in [0.2, 0.25) is 0 Å². The van der Waals surface area contributed by atoms with E-state index in [0.29, 0.717) is 29.7 Å². The zero-order valence-electron chi connectivity index (χ0n) is 10.4. The van der Waals surface area contributed by atoms with Crippen LogP contribution in [0.1, 0.15) is 31.2 Å². The molecule has 17 heavy (non-hydrogen) atoms. The Balaban J connectivity index is 2.73. The largest absolute Gasteiger partial charge is 0.312 e. The summed E-state index contributed by atoms with van der Waals surface area (Å²) in [4.78, 5) is 10.5. The standard InChI is InChI=1S/C11H18ClN3O2/c1-8(4-6-12)5-7-14-10(3)11(15(16)17)9(2)13-14/h8H,4-7H2,1-3H3. The molecule has 0 fully saturated rings. The fourth-order valence-electron chi connectivity index (χ4n) is 1.84. The maximum atomic E-state index is 10.8. The molecule has 6 heteroatoms. The fraction of sp³-hybridized carbons (Fsp3) is 0.727. The average Bonchev–Trinajstić information content (AvgIpc) is 2.51. The lowest BCUT2D eigenvalue weighted by Gasteiger charge is -2.09. The molecule has 96 valence electrons. The van der Waals surface area contributed by atoms with Crippen molar-refractivity contribution in [3.63, 3.8) is 0 Å². The van der Waals surface area contributed by atoms with E-state index in [1.54, 1.807) is 18.5 Å². The Kier molecular flexibility index (Phi) is 4.93. The van der Waals surface area contributed by atoms with E-state index in [4.69, 9.17) is 11.6 Å². The lowest BCUT2D eigenvalue weighted by molar-refractivity contribution is -0.386. The number of aryl methyl sites for hydroxylation is 2. The van der Waals surface area contributed by atoms with Gasteiger partial charge in [-0.25, -0.2) is 0 Å². The Bertz CT molecular complexity index is 404. The molecule has 0 saturated heterocycles. The molecule has 0 N–H and O–H groups in total. The highest BCUT2D eigenvalue weighted by molar-refractivity contribution is 6.17. The Morgan fingerprint density at radius 2 is 2.12 bits per heavy atom. The molecule has 5 nitrogen and oxygen atoms in total. The van der Waals surface area contributed by atoms with Gasteiger partial charge in [0.2, 0.25) is 0 Å². The molecule has 0 aliphatic carbocycles. The third-order valence-corrected chi connectivity index (χ3v) is 3.18. The van der Waals surface area contributed by atoms with Gasteiger partial charge in [0, 0.05) is 12.4 Å². The second-order valence-corrected chi connectivity index (χ2v) is 4.75. The summed E-state index contributed by atoms with van der Waals surface area (Å²) < 4.78 is 1.72. The Labute approximate surface area is 106 Å². The Morgan fingerprint density at radius 3 is 2.59 bits per heavy atom. The van der Waals surface area contributed by atoms with Gasteiger partial charge in [-0.1, -0.05) is 6.92 Å². The van der Waals surface area contributed by atoms with Crippen molar-refractivity contribution in [2.75, 3.05) is 5.88 Å². The molecule has 0 bridgehead atoms. The molecule has 1 aromatic rings. The van der Waals surface area contributed by atoms with Gasteiger partial charge in [0.15, 0.2) is 0 Å². The Morgan fingerprint density at radius 1 is 1.47 bits per heavy atom. The van der Waals surface area contributed by atoms with E-state index in [-0.39, 0.29) is 10.6 Å². The zero-order valence-corrected chi connectivity index (χ0v) is 11.2. The average molecular weight is 260 g/mol. The van der Waals surface area contributed by atoms with E-state index in [1.165, 1.54) is 0 Å². The van der Waals surface area contributed by atoms with Crippen LogP contribution in [0.4, 0.5) is 5.69 Å². The van der Waals surface area contributed by atoms with Crippen molar-refractivity contribution >= 4 is 17.3 Å². The molecule has 1 unspecified atom stereocenters. The van der Waals surface area contributed by atoms with Crippen LogP contribution in [-0.2, 0) is 6.54 Å². The predicted molar refractivity (Wildman–Crippen MR) is 67.5 cm³/mol. The third-order valence-electron chi connectivity index (χ3n) is 2.96. The number of hydrogen-bond donors (Lipinski definition) is 0. The molecule has 0 radical (unpaired) electrons. The van der Waals surface area contributed by atoms with E-state index >= 15 is 0 Å². The third kappa shape index (κ3) is 3.43. The second-order valence-electron chi connectivity index (χ2n) is 4.37. The van der Waals surface area contributed by atoms with Gasteiger partial charge in [0.1, 0.15) is 11.4 Å². The molecule has 0 saturated carbocycles. The number of halogens is 1. The normalized spacial score (nSPS) is 12.7. The van der Waals surface area contributed by atoms with Crippen molar-refractivity contribution in [1.82, 2.24) is 9.78 Å². The van der Waals surface area contributed by atoms with E-state index in [2.05, 4.69) is 12.0 Å². The van der Waals surface area contributed by atoms with Crippen LogP contribution in [0.25, 0.3) is 0 Å². The SMILES string of the molecule is Cc1nn(CCC(C)CCCl)c(C)c1[N+](=O)[O-]. The highest BCUT2D eigenvalue weighted by atomic mass is 35.5. The minimum absolute atomic E-state index is 0.134. The summed E-state index contributed by atoms with van der Waals surface area (Å²) in [6.45, 7) is 6.25. The van der Waals surface area contributed by atoms with Crippen molar-refractivity contribution in [2.45, 2.75) is 40.2 Å². The molecular weight excluding hydrogens is 242 g/mol. The minimum atomic E-state index is -0.365. The van der Waals surface area contributed by atoms with Gasteiger partial charge in [-0.05, 0) is 32.6 Å². The van der Waals surface area contributed by atoms with Crippen LogP contribution in [0.3, 0.4) is 0 Å². The van der Waals surface area contributed by atoms with Gasteiger partial charge in [-0.3, -0.25) is 14.8 Å². The molecule has 0 aromatic carbocycles. The molecule has 1 rings (SSSR count). The molecule has 0 aliphatic heterocycles. The summed E-state index contributed by atoms with van der Waals surface area (Å²) in [5, 5.41) is 15.0. The number of hydrogen-bond acceptors (Lipinski definition) is 3. The van der Waals surface area contributed by atoms with Crippen LogP contribution in [0.5, 0.6) is 0 Å². The number of nitro groups is 1. The summed E-state index contributed by atoms with van der Waals surface area (Å²) in [6, 6.07) is 0.